The number of unbranched alkanes of at least 4 members (excludes halogenated alkanes) is 56. The van der Waals surface area contributed by atoms with Crippen molar-refractivity contribution in [3.05, 3.63) is 0 Å². The molecule has 0 saturated carbocycles. The number of aliphatic hydroxyl groups is 1. The van der Waals surface area contributed by atoms with Gasteiger partial charge in [-0.3, -0.25) is 37.3 Å². The van der Waals surface area contributed by atoms with Gasteiger partial charge in [0.05, 0.1) is 26.4 Å². The molecule has 0 aromatic heterocycles. The summed E-state index contributed by atoms with van der Waals surface area (Å²) in [5, 5.41) is 10.6. The van der Waals surface area contributed by atoms with E-state index in [4.69, 9.17) is 37.0 Å². The lowest BCUT2D eigenvalue weighted by atomic mass is 10.0. The summed E-state index contributed by atoms with van der Waals surface area (Å²) < 4.78 is 68.7. The fraction of sp³-hybridized carbons (Fsp3) is 0.952. The number of ether oxygens (including phenoxy) is 4. The van der Waals surface area contributed by atoms with Gasteiger partial charge in [-0.2, -0.15) is 0 Å². The van der Waals surface area contributed by atoms with Crippen LogP contribution in [0, 0.1) is 5.92 Å². The Morgan fingerprint density at radius 1 is 0.262 bits per heavy atom. The van der Waals surface area contributed by atoms with E-state index in [0.717, 1.165) is 95.8 Å². The first kappa shape index (κ1) is 101. The minimum absolute atomic E-state index is 0.108. The lowest BCUT2D eigenvalue weighted by molar-refractivity contribution is -0.161. The first-order valence-electron chi connectivity index (χ1n) is 43.6. The van der Waals surface area contributed by atoms with E-state index in [1.165, 1.54) is 276 Å². The van der Waals surface area contributed by atoms with Crippen molar-refractivity contribution in [2.45, 2.75) is 470 Å². The van der Waals surface area contributed by atoms with E-state index in [1.807, 2.05) is 0 Å². The third-order valence-corrected chi connectivity index (χ3v) is 21.7. The molecular weight excluding hydrogens is 1340 g/mol. The summed E-state index contributed by atoms with van der Waals surface area (Å²) in [5.41, 5.74) is 0. The van der Waals surface area contributed by atoms with Crippen molar-refractivity contribution in [3.8, 4) is 0 Å². The van der Waals surface area contributed by atoms with Crippen LogP contribution in [-0.2, 0) is 65.4 Å². The molecule has 0 heterocycles. The molecule has 0 saturated heterocycles. The molecule has 0 rings (SSSR count). The highest BCUT2D eigenvalue weighted by Gasteiger charge is 2.30. The third-order valence-electron chi connectivity index (χ3n) is 19.8. The predicted molar refractivity (Wildman–Crippen MR) is 423 cm³/mol. The zero-order chi connectivity index (χ0) is 75.5. The average molecular weight is 1510 g/mol. The Balaban J connectivity index is 5.18. The quantitative estimate of drug-likeness (QED) is 0.0222. The molecule has 612 valence electrons. The normalized spacial score (nSPS) is 13.8. The van der Waals surface area contributed by atoms with Crippen LogP contribution < -0.4 is 0 Å². The Bertz CT molecular complexity index is 1960. The van der Waals surface area contributed by atoms with E-state index in [9.17, 15) is 43.2 Å². The Morgan fingerprint density at radius 3 is 0.660 bits per heavy atom. The van der Waals surface area contributed by atoms with Crippen molar-refractivity contribution in [1.82, 2.24) is 0 Å². The SMILES string of the molecule is CCCCCCCCCCCCCCCCCCCCCCCC(=O)OC[C@H](COP(=O)(O)OC[C@@H](O)COP(=O)(O)OC[C@@H](COC(=O)CCCCCCCCCCC)OC(=O)CCCCCCCCCCCCCC)OC(=O)CCCCCCCCCCCCCCCCCCCCC(C)C. The number of esters is 4. The van der Waals surface area contributed by atoms with Crippen LogP contribution in [0.15, 0.2) is 0 Å². The highest BCUT2D eigenvalue weighted by Crippen LogP contribution is 2.45. The van der Waals surface area contributed by atoms with Crippen LogP contribution in [0.3, 0.4) is 0 Å². The molecule has 0 fully saturated rings. The molecule has 0 amide bonds. The lowest BCUT2D eigenvalue weighted by Gasteiger charge is -2.21. The van der Waals surface area contributed by atoms with Crippen molar-refractivity contribution < 1.29 is 80.2 Å². The van der Waals surface area contributed by atoms with Gasteiger partial charge in [-0.25, -0.2) is 9.13 Å². The van der Waals surface area contributed by atoms with Crippen molar-refractivity contribution >= 4 is 39.5 Å². The summed E-state index contributed by atoms with van der Waals surface area (Å²) in [6, 6.07) is 0. The molecule has 0 aliphatic carbocycles. The fourth-order valence-electron chi connectivity index (χ4n) is 13.1. The van der Waals surface area contributed by atoms with Crippen LogP contribution in [0.4, 0.5) is 0 Å². The highest BCUT2D eigenvalue weighted by atomic mass is 31.2. The number of phosphoric ester groups is 2. The molecular formula is C84H164O17P2. The monoisotopic (exact) mass is 1510 g/mol. The summed E-state index contributed by atoms with van der Waals surface area (Å²) in [5.74, 6) is -1.28. The Labute approximate surface area is 632 Å². The first-order chi connectivity index (χ1) is 50.0. The topological polar surface area (TPSA) is 237 Å². The van der Waals surface area contributed by atoms with Gasteiger partial charge in [0.2, 0.25) is 0 Å². The maximum atomic E-state index is 13.1. The number of aliphatic hydroxyl groups excluding tert-OH is 1. The molecule has 0 aliphatic rings. The molecule has 3 N–H and O–H groups in total. The summed E-state index contributed by atoms with van der Waals surface area (Å²) in [6.07, 6.45) is 69.6. The van der Waals surface area contributed by atoms with Gasteiger partial charge in [-0.05, 0) is 31.6 Å². The molecule has 0 aliphatic heterocycles. The van der Waals surface area contributed by atoms with Crippen LogP contribution in [0.1, 0.15) is 452 Å². The van der Waals surface area contributed by atoms with Crippen LogP contribution in [0.2, 0.25) is 0 Å². The molecule has 0 radical (unpaired) electrons. The zero-order valence-corrected chi connectivity index (χ0v) is 69.3. The summed E-state index contributed by atoms with van der Waals surface area (Å²) in [4.78, 5) is 73.0. The maximum absolute atomic E-state index is 13.1. The number of carbonyl (C=O) groups is 4. The maximum Gasteiger partial charge on any atom is 0.472 e. The van der Waals surface area contributed by atoms with Gasteiger partial charge >= 0.3 is 39.5 Å². The number of rotatable bonds is 84. The third kappa shape index (κ3) is 78.0. The summed E-state index contributed by atoms with van der Waals surface area (Å²) in [7, 11) is -9.92. The van der Waals surface area contributed by atoms with Crippen LogP contribution in [0.5, 0.6) is 0 Å². The zero-order valence-electron chi connectivity index (χ0n) is 67.5. The van der Waals surface area contributed by atoms with Gasteiger partial charge in [0, 0.05) is 25.7 Å². The van der Waals surface area contributed by atoms with Gasteiger partial charge in [-0.15, -0.1) is 0 Å². The van der Waals surface area contributed by atoms with Crippen molar-refractivity contribution in [3.63, 3.8) is 0 Å². The van der Waals surface area contributed by atoms with Gasteiger partial charge in [0.15, 0.2) is 12.2 Å². The van der Waals surface area contributed by atoms with E-state index >= 15 is 0 Å². The van der Waals surface area contributed by atoms with E-state index < -0.39 is 97.5 Å². The molecule has 0 spiro atoms. The summed E-state index contributed by atoms with van der Waals surface area (Å²) >= 11 is 0. The second-order valence-electron chi connectivity index (χ2n) is 30.7. The Hall–Kier alpha value is -1.94. The number of hydrogen-bond donors (Lipinski definition) is 3. The summed E-state index contributed by atoms with van der Waals surface area (Å²) in [6.45, 7) is 7.36. The number of phosphoric acid groups is 2. The molecule has 0 aromatic rings. The largest absolute Gasteiger partial charge is 0.472 e. The second kappa shape index (κ2) is 76.8. The highest BCUT2D eigenvalue weighted by molar-refractivity contribution is 7.47. The van der Waals surface area contributed by atoms with E-state index in [0.29, 0.717) is 25.7 Å². The van der Waals surface area contributed by atoms with E-state index in [-0.39, 0.29) is 25.7 Å². The Morgan fingerprint density at radius 2 is 0.447 bits per heavy atom. The van der Waals surface area contributed by atoms with E-state index in [2.05, 4.69) is 34.6 Å². The van der Waals surface area contributed by atoms with Crippen LogP contribution in [-0.4, -0.2) is 96.7 Å². The number of carbonyl (C=O) groups excluding carboxylic acids is 4. The molecule has 5 atom stereocenters. The average Bonchev–Trinajstić information content (AvgIpc) is 0.908. The fourth-order valence-corrected chi connectivity index (χ4v) is 14.7. The van der Waals surface area contributed by atoms with E-state index in [1.54, 1.807) is 0 Å². The number of hydrogen-bond acceptors (Lipinski definition) is 15. The molecule has 103 heavy (non-hydrogen) atoms. The predicted octanol–water partition coefficient (Wildman–Crippen LogP) is 25.6. The van der Waals surface area contributed by atoms with Crippen LogP contribution in [0.25, 0.3) is 0 Å². The smallest absolute Gasteiger partial charge is 0.462 e. The van der Waals surface area contributed by atoms with Gasteiger partial charge in [0.1, 0.15) is 19.3 Å². The van der Waals surface area contributed by atoms with Crippen molar-refractivity contribution in [2.24, 2.45) is 5.92 Å². The van der Waals surface area contributed by atoms with Crippen molar-refractivity contribution in [2.75, 3.05) is 39.6 Å². The Kier molecular flexibility index (Phi) is 75.4. The van der Waals surface area contributed by atoms with Gasteiger partial charge < -0.3 is 33.8 Å². The minimum Gasteiger partial charge on any atom is -0.462 e. The van der Waals surface area contributed by atoms with Gasteiger partial charge in [0.25, 0.3) is 0 Å². The molecule has 0 bridgehead atoms. The molecule has 17 nitrogen and oxygen atoms in total. The molecule has 2 unspecified atom stereocenters. The van der Waals surface area contributed by atoms with Crippen LogP contribution >= 0.6 is 15.6 Å². The van der Waals surface area contributed by atoms with Crippen molar-refractivity contribution in [1.29, 1.82) is 0 Å². The first-order valence-corrected chi connectivity index (χ1v) is 46.6. The molecule has 19 heteroatoms. The minimum atomic E-state index is -4.96. The van der Waals surface area contributed by atoms with Gasteiger partial charge in [-0.1, -0.05) is 401 Å². The second-order valence-corrected chi connectivity index (χ2v) is 33.6. The standard InChI is InChI=1S/C84H164O17P2/c1-6-9-12-15-18-21-23-25-26-27-28-29-30-34-37-40-44-48-53-58-63-68-82(87)95-74-80(101-84(89)70-65-60-55-50-45-41-38-35-32-31-33-36-39-42-47-51-56-61-66-77(4)5)76-99-103(92,93)97-72-78(85)71-96-102(90,91)98-75-79(73-94-81(86)67-62-57-52-46-20-17-14-11-8-3)100-83(88)69-64-59-54-49-43-24-22-19-16-13-10-7-2/h77-80,85H,6-76H2,1-5H3,(H,90,91)(H,92,93)/t78-,79+,80+/m0/s1. The lowest BCUT2D eigenvalue weighted by Crippen LogP contribution is -2.30. The molecule has 0 aromatic carbocycles.